The summed E-state index contributed by atoms with van der Waals surface area (Å²) in [5.74, 6) is 0. The van der Waals surface area contributed by atoms with Crippen molar-refractivity contribution in [2.45, 2.75) is 0 Å². The van der Waals surface area contributed by atoms with Crippen molar-refractivity contribution >= 4 is 65.9 Å². The summed E-state index contributed by atoms with van der Waals surface area (Å²) in [4.78, 5) is 25.3. The summed E-state index contributed by atoms with van der Waals surface area (Å²) in [6, 6.07) is 21.3. The second-order valence-corrected chi connectivity index (χ2v) is 8.94. The number of hydrogen-bond acceptors (Lipinski definition) is 6. The third-order valence-electron chi connectivity index (χ3n) is 5.74. The smallest absolute Gasteiger partial charge is 0.323 e. The Kier molecular flexibility index (Phi) is 5.01. The van der Waals surface area contributed by atoms with Gasteiger partial charge in [0.25, 0.3) is 0 Å². The molecule has 1 aliphatic rings. The Morgan fingerprint density at radius 3 is 2.36 bits per heavy atom. The number of hydrogen-bond donors (Lipinski definition) is 2. The van der Waals surface area contributed by atoms with E-state index in [0.29, 0.717) is 5.69 Å². The summed E-state index contributed by atoms with van der Waals surface area (Å²) in [5.41, 5.74) is 5.18. The van der Waals surface area contributed by atoms with Crippen molar-refractivity contribution in [2.24, 2.45) is 0 Å². The quantitative estimate of drug-likeness (QED) is 0.377. The molecular formula is C25H21N5O2S. The Morgan fingerprint density at radius 1 is 0.879 bits per heavy atom. The van der Waals surface area contributed by atoms with E-state index >= 15 is 0 Å². The molecule has 3 aromatic carbocycles. The van der Waals surface area contributed by atoms with E-state index in [-0.39, 0.29) is 6.03 Å². The first-order valence-corrected chi connectivity index (χ1v) is 11.6. The normalized spacial score (nSPS) is 14.1. The van der Waals surface area contributed by atoms with Crippen molar-refractivity contribution in [3.8, 4) is 0 Å². The number of benzene rings is 3. The lowest BCUT2D eigenvalue weighted by atomic mass is 10.2. The summed E-state index contributed by atoms with van der Waals surface area (Å²) < 4.78 is 6.49. The van der Waals surface area contributed by atoms with Crippen LogP contribution in [0, 0.1) is 0 Å². The number of carbonyl (C=O) groups excluding carboxylic acids is 1. The number of thiophene rings is 1. The Balaban J connectivity index is 1.20. The van der Waals surface area contributed by atoms with Crippen LogP contribution in [0.25, 0.3) is 31.5 Å². The van der Waals surface area contributed by atoms with Gasteiger partial charge in [0.05, 0.1) is 24.2 Å². The van der Waals surface area contributed by atoms with E-state index in [1.54, 1.807) is 11.3 Å². The van der Waals surface area contributed by atoms with Gasteiger partial charge in [-0.15, -0.1) is 11.3 Å². The van der Waals surface area contributed by atoms with Crippen LogP contribution in [0.15, 0.2) is 66.7 Å². The molecule has 0 spiro atoms. The highest BCUT2D eigenvalue weighted by molar-refractivity contribution is 7.25. The van der Waals surface area contributed by atoms with Crippen LogP contribution in [0.4, 0.5) is 21.9 Å². The molecule has 0 bridgehead atoms. The second kappa shape index (κ2) is 8.31. The molecule has 0 atom stereocenters. The van der Waals surface area contributed by atoms with Crippen molar-refractivity contribution in [2.75, 3.05) is 41.8 Å². The largest absolute Gasteiger partial charge is 0.378 e. The van der Waals surface area contributed by atoms with Gasteiger partial charge in [-0.05, 0) is 54.6 Å². The fraction of sp³-hybridized carbons (Fsp3) is 0.160. The first-order chi connectivity index (χ1) is 16.2. The van der Waals surface area contributed by atoms with E-state index in [4.69, 9.17) is 14.7 Å². The third-order valence-corrected chi connectivity index (χ3v) is 6.79. The molecular weight excluding hydrogens is 434 g/mol. The summed E-state index contributed by atoms with van der Waals surface area (Å²) in [5, 5.41) is 6.82. The molecule has 2 amide bonds. The van der Waals surface area contributed by atoms with Crippen LogP contribution < -0.4 is 15.5 Å². The van der Waals surface area contributed by atoms with E-state index < -0.39 is 0 Å². The van der Waals surface area contributed by atoms with Gasteiger partial charge in [0.15, 0.2) is 0 Å². The van der Waals surface area contributed by atoms with Gasteiger partial charge in [-0.2, -0.15) is 0 Å². The van der Waals surface area contributed by atoms with Crippen LogP contribution >= 0.6 is 11.3 Å². The SMILES string of the molecule is O=C(Nc1ccc(N2CCOCC2)cc1)Nc1ccc2sc3nc4ccccc4nc3c2c1. The van der Waals surface area contributed by atoms with Crippen LogP contribution in [0.5, 0.6) is 0 Å². The number of amides is 2. The third kappa shape index (κ3) is 3.94. The lowest BCUT2D eigenvalue weighted by Crippen LogP contribution is -2.36. The van der Waals surface area contributed by atoms with Gasteiger partial charge >= 0.3 is 6.03 Å². The van der Waals surface area contributed by atoms with E-state index in [9.17, 15) is 4.79 Å². The zero-order chi connectivity index (χ0) is 22.2. The summed E-state index contributed by atoms with van der Waals surface area (Å²) in [6.07, 6.45) is 0. The monoisotopic (exact) mass is 455 g/mol. The van der Waals surface area contributed by atoms with Gasteiger partial charge in [-0.25, -0.2) is 14.8 Å². The maximum atomic E-state index is 12.6. The standard InChI is InChI=1S/C25H21N5O2S/c31-25(26-16-5-8-18(9-6-16)30-11-13-32-14-12-30)27-17-7-10-22-19(15-17)23-24(33-22)29-21-4-2-1-3-20(21)28-23/h1-10,15H,11-14H2,(H2,26,27,31). The number of para-hydroxylation sites is 2. The van der Waals surface area contributed by atoms with Gasteiger partial charge in [-0.3, -0.25) is 0 Å². The number of nitrogens with zero attached hydrogens (tertiary/aromatic N) is 3. The van der Waals surface area contributed by atoms with Crippen molar-refractivity contribution in [1.29, 1.82) is 0 Å². The molecule has 7 nitrogen and oxygen atoms in total. The number of rotatable bonds is 3. The molecule has 0 unspecified atom stereocenters. The molecule has 3 heterocycles. The highest BCUT2D eigenvalue weighted by Gasteiger charge is 2.13. The average Bonchev–Trinajstić information content (AvgIpc) is 3.20. The summed E-state index contributed by atoms with van der Waals surface area (Å²) >= 11 is 1.61. The molecule has 0 saturated carbocycles. The molecule has 6 rings (SSSR count). The fourth-order valence-electron chi connectivity index (χ4n) is 4.09. The van der Waals surface area contributed by atoms with Gasteiger partial charge in [0.1, 0.15) is 10.3 Å². The van der Waals surface area contributed by atoms with Gasteiger partial charge < -0.3 is 20.3 Å². The lowest BCUT2D eigenvalue weighted by molar-refractivity contribution is 0.122. The van der Waals surface area contributed by atoms with Crippen LogP contribution in [-0.4, -0.2) is 42.3 Å². The van der Waals surface area contributed by atoms with E-state index in [1.807, 2.05) is 66.7 Å². The van der Waals surface area contributed by atoms with Gasteiger partial charge in [-0.1, -0.05) is 12.1 Å². The molecule has 1 fully saturated rings. The predicted molar refractivity (Wildman–Crippen MR) is 135 cm³/mol. The maximum absolute atomic E-state index is 12.6. The fourth-order valence-corrected chi connectivity index (χ4v) is 5.09. The van der Waals surface area contributed by atoms with Crippen molar-refractivity contribution in [1.82, 2.24) is 9.97 Å². The molecule has 2 N–H and O–H groups in total. The summed E-state index contributed by atoms with van der Waals surface area (Å²) in [6.45, 7) is 3.25. The van der Waals surface area contributed by atoms with Crippen molar-refractivity contribution in [3.05, 3.63) is 66.7 Å². The zero-order valence-electron chi connectivity index (χ0n) is 17.7. The molecule has 33 heavy (non-hydrogen) atoms. The number of carbonyl (C=O) groups is 1. The summed E-state index contributed by atoms with van der Waals surface area (Å²) in [7, 11) is 0. The highest BCUT2D eigenvalue weighted by atomic mass is 32.1. The number of aromatic nitrogens is 2. The maximum Gasteiger partial charge on any atom is 0.323 e. The van der Waals surface area contributed by atoms with Gasteiger partial charge in [0.2, 0.25) is 0 Å². The molecule has 5 aromatic rings. The van der Waals surface area contributed by atoms with Crippen LogP contribution in [0.3, 0.4) is 0 Å². The Morgan fingerprint density at radius 2 is 1.58 bits per heavy atom. The highest BCUT2D eigenvalue weighted by Crippen LogP contribution is 2.34. The molecule has 164 valence electrons. The first kappa shape index (κ1) is 19.9. The van der Waals surface area contributed by atoms with Crippen molar-refractivity contribution < 1.29 is 9.53 Å². The lowest BCUT2D eigenvalue weighted by Gasteiger charge is -2.28. The number of nitrogens with one attached hydrogen (secondary N) is 2. The van der Waals surface area contributed by atoms with Crippen molar-refractivity contribution in [3.63, 3.8) is 0 Å². The second-order valence-electron chi connectivity index (χ2n) is 7.90. The predicted octanol–water partition coefficient (Wildman–Crippen LogP) is 5.48. The molecule has 2 aromatic heterocycles. The molecule has 1 saturated heterocycles. The minimum atomic E-state index is -0.287. The number of ether oxygens (including phenoxy) is 1. The molecule has 1 aliphatic heterocycles. The average molecular weight is 456 g/mol. The minimum absolute atomic E-state index is 0.287. The molecule has 0 radical (unpaired) electrons. The number of fused-ring (bicyclic) bond motifs is 4. The van der Waals surface area contributed by atoms with Crippen LogP contribution in [0.1, 0.15) is 0 Å². The van der Waals surface area contributed by atoms with Gasteiger partial charge in [0, 0.05) is 40.2 Å². The molecule has 0 aliphatic carbocycles. The Labute approximate surface area is 194 Å². The number of urea groups is 1. The van der Waals surface area contributed by atoms with E-state index in [2.05, 4.69) is 15.5 Å². The van der Waals surface area contributed by atoms with E-state index in [0.717, 1.165) is 69.1 Å². The zero-order valence-corrected chi connectivity index (χ0v) is 18.6. The minimum Gasteiger partial charge on any atom is -0.378 e. The number of morpholine rings is 1. The van der Waals surface area contributed by atoms with E-state index in [1.165, 1.54) is 0 Å². The molecule has 8 heteroatoms. The topological polar surface area (TPSA) is 79.4 Å². The number of anilines is 3. The Bertz CT molecular complexity index is 1480. The Hall–Kier alpha value is -3.75. The van der Waals surface area contributed by atoms with Crippen LogP contribution in [-0.2, 0) is 4.74 Å². The first-order valence-electron chi connectivity index (χ1n) is 10.8. The van der Waals surface area contributed by atoms with Crippen LogP contribution in [0.2, 0.25) is 0 Å².